The summed E-state index contributed by atoms with van der Waals surface area (Å²) < 4.78 is 2.27. The van der Waals surface area contributed by atoms with E-state index >= 15 is 0 Å². The van der Waals surface area contributed by atoms with Crippen molar-refractivity contribution in [3.05, 3.63) is 35.0 Å². The summed E-state index contributed by atoms with van der Waals surface area (Å²) in [7, 11) is 0. The molecule has 1 aliphatic rings. The SMILES string of the molecule is NC1CCn2c1cc1c(Cl)cccc12. The van der Waals surface area contributed by atoms with Crippen LogP contribution < -0.4 is 5.73 Å². The number of hydrogen-bond acceptors (Lipinski definition) is 1. The van der Waals surface area contributed by atoms with Gasteiger partial charge < -0.3 is 10.3 Å². The van der Waals surface area contributed by atoms with Gasteiger partial charge in [-0.25, -0.2) is 0 Å². The third kappa shape index (κ3) is 0.954. The first-order chi connectivity index (χ1) is 6.77. The van der Waals surface area contributed by atoms with Crippen molar-refractivity contribution in [3.63, 3.8) is 0 Å². The van der Waals surface area contributed by atoms with Crippen LogP contribution in [0.3, 0.4) is 0 Å². The van der Waals surface area contributed by atoms with Gasteiger partial charge in [0.05, 0.1) is 0 Å². The van der Waals surface area contributed by atoms with E-state index in [4.69, 9.17) is 17.3 Å². The molecule has 14 heavy (non-hydrogen) atoms. The maximum atomic E-state index is 6.12. The lowest BCUT2D eigenvalue weighted by molar-refractivity contribution is 0.691. The van der Waals surface area contributed by atoms with E-state index in [1.807, 2.05) is 12.1 Å². The van der Waals surface area contributed by atoms with Crippen LogP contribution in [-0.4, -0.2) is 4.57 Å². The predicted octanol–water partition coefficient (Wildman–Crippen LogP) is 2.70. The third-order valence-corrected chi connectivity index (χ3v) is 3.30. The topological polar surface area (TPSA) is 30.9 Å². The summed E-state index contributed by atoms with van der Waals surface area (Å²) in [5, 5.41) is 1.94. The zero-order valence-electron chi connectivity index (χ0n) is 7.70. The fourth-order valence-corrected chi connectivity index (χ4v) is 2.47. The Morgan fingerprint density at radius 2 is 2.29 bits per heavy atom. The lowest BCUT2D eigenvalue weighted by atomic mass is 10.2. The van der Waals surface area contributed by atoms with Gasteiger partial charge in [-0.05, 0) is 24.6 Å². The molecule has 0 saturated heterocycles. The largest absolute Gasteiger partial charge is 0.343 e. The molecule has 2 heterocycles. The van der Waals surface area contributed by atoms with Crippen molar-refractivity contribution >= 4 is 22.5 Å². The first-order valence-corrected chi connectivity index (χ1v) is 5.18. The average Bonchev–Trinajstić information content (AvgIpc) is 2.69. The summed E-state index contributed by atoms with van der Waals surface area (Å²) in [5.41, 5.74) is 8.42. The molecule has 3 rings (SSSR count). The molecule has 0 saturated carbocycles. The molecule has 2 nitrogen and oxygen atoms in total. The number of aromatic nitrogens is 1. The van der Waals surface area contributed by atoms with Crippen LogP contribution in [0.25, 0.3) is 10.9 Å². The second-order valence-corrected chi connectivity index (χ2v) is 4.20. The van der Waals surface area contributed by atoms with Gasteiger partial charge in [-0.2, -0.15) is 0 Å². The Balaban J connectivity index is 2.40. The lowest BCUT2D eigenvalue weighted by Gasteiger charge is -1.99. The van der Waals surface area contributed by atoms with Gasteiger partial charge in [0.1, 0.15) is 0 Å². The van der Waals surface area contributed by atoms with Gasteiger partial charge in [0.25, 0.3) is 0 Å². The number of halogens is 1. The van der Waals surface area contributed by atoms with Crippen LogP contribution >= 0.6 is 11.6 Å². The predicted molar refractivity (Wildman–Crippen MR) is 58.5 cm³/mol. The molecule has 72 valence electrons. The molecule has 2 aromatic rings. The highest BCUT2D eigenvalue weighted by atomic mass is 35.5. The summed E-state index contributed by atoms with van der Waals surface area (Å²) in [5.74, 6) is 0. The molecule has 0 bridgehead atoms. The molecule has 0 fully saturated rings. The molecule has 1 aliphatic heterocycles. The molecule has 0 amide bonds. The van der Waals surface area contributed by atoms with E-state index in [0.29, 0.717) is 0 Å². The fourth-order valence-electron chi connectivity index (χ4n) is 2.24. The number of hydrogen-bond donors (Lipinski definition) is 1. The van der Waals surface area contributed by atoms with E-state index in [1.165, 1.54) is 11.2 Å². The number of fused-ring (bicyclic) bond motifs is 3. The summed E-state index contributed by atoms with van der Waals surface area (Å²) in [4.78, 5) is 0. The van der Waals surface area contributed by atoms with Crippen molar-refractivity contribution in [3.8, 4) is 0 Å². The minimum Gasteiger partial charge on any atom is -0.343 e. The molecule has 1 atom stereocenters. The zero-order valence-corrected chi connectivity index (χ0v) is 8.46. The second kappa shape index (κ2) is 2.75. The molecule has 1 aromatic carbocycles. The normalized spacial score (nSPS) is 20.3. The maximum absolute atomic E-state index is 6.12. The Morgan fingerprint density at radius 1 is 1.43 bits per heavy atom. The van der Waals surface area contributed by atoms with Gasteiger partial charge >= 0.3 is 0 Å². The number of nitrogens with zero attached hydrogens (tertiary/aromatic N) is 1. The number of benzene rings is 1. The van der Waals surface area contributed by atoms with Crippen LogP contribution in [0.1, 0.15) is 18.2 Å². The molecule has 0 radical (unpaired) electrons. The minimum absolute atomic E-state index is 0.179. The van der Waals surface area contributed by atoms with Gasteiger partial charge in [0.15, 0.2) is 0 Å². The Morgan fingerprint density at radius 3 is 3.14 bits per heavy atom. The van der Waals surface area contributed by atoms with Crippen LogP contribution in [0.4, 0.5) is 0 Å². The van der Waals surface area contributed by atoms with Gasteiger partial charge in [0.2, 0.25) is 0 Å². The highest BCUT2D eigenvalue weighted by Crippen LogP contribution is 2.34. The average molecular weight is 207 g/mol. The van der Waals surface area contributed by atoms with Crippen molar-refractivity contribution in [1.82, 2.24) is 4.57 Å². The monoisotopic (exact) mass is 206 g/mol. The summed E-state index contributed by atoms with van der Waals surface area (Å²) in [6.07, 6.45) is 1.04. The molecular weight excluding hydrogens is 196 g/mol. The van der Waals surface area contributed by atoms with E-state index in [-0.39, 0.29) is 6.04 Å². The summed E-state index contributed by atoms with van der Waals surface area (Å²) in [6, 6.07) is 8.31. The number of rotatable bonds is 0. The standard InChI is InChI=1S/C11H11ClN2/c12-8-2-1-3-10-7(8)6-11-9(13)4-5-14(10)11/h1-3,6,9H,4-5,13H2. The van der Waals surface area contributed by atoms with Crippen molar-refractivity contribution in [2.45, 2.75) is 19.0 Å². The zero-order chi connectivity index (χ0) is 9.71. The van der Waals surface area contributed by atoms with Gasteiger partial charge in [-0.3, -0.25) is 0 Å². The van der Waals surface area contributed by atoms with E-state index in [9.17, 15) is 0 Å². The van der Waals surface area contributed by atoms with Crippen LogP contribution in [0.2, 0.25) is 5.02 Å². The van der Waals surface area contributed by atoms with Gasteiger partial charge in [-0.1, -0.05) is 17.7 Å². The quantitative estimate of drug-likeness (QED) is 0.706. The highest BCUT2D eigenvalue weighted by molar-refractivity contribution is 6.35. The second-order valence-electron chi connectivity index (χ2n) is 3.79. The van der Waals surface area contributed by atoms with E-state index < -0.39 is 0 Å². The first-order valence-electron chi connectivity index (χ1n) is 4.80. The molecule has 0 aliphatic carbocycles. The van der Waals surface area contributed by atoms with Crippen molar-refractivity contribution < 1.29 is 0 Å². The molecule has 1 aromatic heterocycles. The van der Waals surface area contributed by atoms with Crippen molar-refractivity contribution in [2.75, 3.05) is 0 Å². The van der Waals surface area contributed by atoms with Crippen LogP contribution in [0.5, 0.6) is 0 Å². The molecular formula is C11H11ClN2. The molecule has 0 spiro atoms. The van der Waals surface area contributed by atoms with E-state index in [1.54, 1.807) is 0 Å². The lowest BCUT2D eigenvalue weighted by Crippen LogP contribution is -2.04. The highest BCUT2D eigenvalue weighted by Gasteiger charge is 2.21. The van der Waals surface area contributed by atoms with Crippen LogP contribution in [0.15, 0.2) is 24.3 Å². The van der Waals surface area contributed by atoms with Crippen molar-refractivity contribution in [2.24, 2.45) is 5.73 Å². The van der Waals surface area contributed by atoms with E-state index in [2.05, 4.69) is 16.7 Å². The van der Waals surface area contributed by atoms with E-state index in [0.717, 1.165) is 23.4 Å². The van der Waals surface area contributed by atoms with Crippen LogP contribution in [0, 0.1) is 0 Å². The van der Waals surface area contributed by atoms with Crippen molar-refractivity contribution in [1.29, 1.82) is 0 Å². The molecule has 3 heteroatoms. The Hall–Kier alpha value is -0.990. The Kier molecular flexibility index (Phi) is 1.64. The minimum atomic E-state index is 0.179. The summed E-state index contributed by atoms with van der Waals surface area (Å²) >= 11 is 6.12. The Labute approximate surface area is 87.3 Å². The first kappa shape index (κ1) is 8.33. The third-order valence-electron chi connectivity index (χ3n) is 2.97. The van der Waals surface area contributed by atoms with Gasteiger partial charge in [0, 0.05) is 34.2 Å². The smallest absolute Gasteiger partial charge is 0.0499 e. The van der Waals surface area contributed by atoms with Gasteiger partial charge in [-0.15, -0.1) is 0 Å². The molecule has 1 unspecified atom stereocenters. The van der Waals surface area contributed by atoms with Crippen LogP contribution in [-0.2, 0) is 6.54 Å². The summed E-state index contributed by atoms with van der Waals surface area (Å²) in [6.45, 7) is 1.01. The number of aryl methyl sites for hydroxylation is 1. The molecule has 2 N–H and O–H groups in total. The number of nitrogens with two attached hydrogens (primary N) is 1. The fraction of sp³-hybridized carbons (Fsp3) is 0.273. The maximum Gasteiger partial charge on any atom is 0.0499 e. The Bertz CT molecular complexity index is 501.